The number of hydrogen-bond acceptors (Lipinski definition) is 4. The minimum absolute atomic E-state index is 0.613. The third-order valence-corrected chi connectivity index (χ3v) is 6.39. The molecule has 2 aromatic heterocycles. The molecule has 0 amide bonds. The van der Waals surface area contributed by atoms with Crippen LogP contribution < -0.4 is 5.32 Å². The van der Waals surface area contributed by atoms with E-state index in [1.54, 1.807) is 28.2 Å². The van der Waals surface area contributed by atoms with Crippen molar-refractivity contribution in [3.8, 4) is 10.4 Å². The van der Waals surface area contributed by atoms with Crippen molar-refractivity contribution < 1.29 is 0 Å². The molecule has 4 nitrogen and oxygen atoms in total. The molecule has 4 aromatic rings. The normalized spacial score (nSPS) is 12.4. The van der Waals surface area contributed by atoms with Gasteiger partial charge in [-0.1, -0.05) is 0 Å². The summed E-state index contributed by atoms with van der Waals surface area (Å²) >= 11 is 3.48. The zero-order valence-electron chi connectivity index (χ0n) is 14.6. The van der Waals surface area contributed by atoms with Crippen LogP contribution in [0.25, 0.3) is 21.3 Å². The number of anilines is 1. The molecular formula is C20H21AsN4S. The molecule has 0 saturated carbocycles. The number of nitrogens with one attached hydrogen (secondary N) is 2. The topological polar surface area (TPSA) is 53.6 Å². The van der Waals surface area contributed by atoms with Crippen LogP contribution >= 0.6 is 11.3 Å². The summed E-state index contributed by atoms with van der Waals surface area (Å²) in [6.07, 6.45) is 3.05. The standard InChI is InChI=1S/C20H21AsN4S/c1-13-17-10-15(7-8-18(17)25-24-13)19-12-23-20(26-19)22-11-16(21)9-14-5-3-2-4-6-14/h2-8,10,12,16H,9,11,21H2,1H3,(H,22,23)(H,24,25)/t16-/m1/s1. The van der Waals surface area contributed by atoms with Gasteiger partial charge in [-0.25, -0.2) is 0 Å². The first-order valence-electron chi connectivity index (χ1n) is 8.63. The van der Waals surface area contributed by atoms with Crippen LogP contribution in [0.4, 0.5) is 5.13 Å². The van der Waals surface area contributed by atoms with Crippen LogP contribution in [0.2, 0.25) is 4.71 Å². The van der Waals surface area contributed by atoms with E-state index in [2.05, 4.69) is 69.0 Å². The molecule has 2 atom stereocenters. The van der Waals surface area contributed by atoms with Crippen LogP contribution in [0.15, 0.2) is 54.7 Å². The maximum atomic E-state index is 4.55. The van der Waals surface area contributed by atoms with Crippen molar-refractivity contribution in [1.29, 1.82) is 0 Å². The van der Waals surface area contributed by atoms with Gasteiger partial charge in [-0.05, 0) is 0 Å². The van der Waals surface area contributed by atoms with E-state index in [1.807, 2.05) is 13.1 Å². The van der Waals surface area contributed by atoms with Crippen molar-refractivity contribution >= 4 is 44.2 Å². The van der Waals surface area contributed by atoms with Crippen LogP contribution in [0.1, 0.15) is 11.3 Å². The van der Waals surface area contributed by atoms with E-state index in [1.165, 1.54) is 21.4 Å². The number of aryl methyl sites for hydroxylation is 1. The summed E-state index contributed by atoms with van der Waals surface area (Å²) in [5, 5.41) is 13.0. The van der Waals surface area contributed by atoms with Gasteiger partial charge in [-0.15, -0.1) is 0 Å². The summed E-state index contributed by atoms with van der Waals surface area (Å²) in [5.74, 6) is 0. The predicted octanol–water partition coefficient (Wildman–Crippen LogP) is 4.07. The first-order valence-corrected chi connectivity index (χ1v) is 10.8. The van der Waals surface area contributed by atoms with Gasteiger partial charge in [0.1, 0.15) is 0 Å². The Labute approximate surface area is 165 Å². The molecule has 0 saturated heterocycles. The second-order valence-corrected chi connectivity index (χ2v) is 9.44. The van der Waals surface area contributed by atoms with Gasteiger partial charge in [0.05, 0.1) is 0 Å². The first kappa shape index (κ1) is 17.3. The molecule has 0 spiro atoms. The van der Waals surface area contributed by atoms with Crippen molar-refractivity contribution in [2.24, 2.45) is 0 Å². The van der Waals surface area contributed by atoms with Crippen molar-refractivity contribution in [1.82, 2.24) is 15.2 Å². The maximum absolute atomic E-state index is 4.55. The molecule has 0 aliphatic rings. The van der Waals surface area contributed by atoms with Crippen molar-refractivity contribution in [2.75, 3.05) is 11.9 Å². The van der Waals surface area contributed by atoms with E-state index in [9.17, 15) is 0 Å². The summed E-state index contributed by atoms with van der Waals surface area (Å²) in [5.41, 5.74) is 4.69. The Morgan fingerprint density at radius 3 is 2.88 bits per heavy atom. The molecule has 0 fully saturated rings. The van der Waals surface area contributed by atoms with E-state index in [0.717, 1.165) is 29.3 Å². The fraction of sp³-hybridized carbons (Fsp3) is 0.200. The molecule has 0 aliphatic carbocycles. The number of aromatic amines is 1. The molecule has 2 aromatic carbocycles. The Hall–Kier alpha value is -2.10. The van der Waals surface area contributed by atoms with Gasteiger partial charge in [0, 0.05) is 0 Å². The molecule has 6 heteroatoms. The Morgan fingerprint density at radius 1 is 1.19 bits per heavy atom. The number of aromatic nitrogens is 3. The predicted molar refractivity (Wildman–Crippen MR) is 113 cm³/mol. The number of rotatable bonds is 6. The molecular weight excluding hydrogens is 403 g/mol. The Morgan fingerprint density at radius 2 is 2.04 bits per heavy atom. The molecule has 0 bridgehead atoms. The molecule has 4 rings (SSSR count). The number of thiazole rings is 1. The number of benzene rings is 2. The molecule has 1 unspecified atom stereocenters. The Balaban J connectivity index is 1.41. The fourth-order valence-corrected chi connectivity index (χ4v) is 4.63. The number of fused-ring (bicyclic) bond motifs is 1. The summed E-state index contributed by atoms with van der Waals surface area (Å²) < 4.78 is 0.613. The van der Waals surface area contributed by atoms with Crippen LogP contribution in [-0.2, 0) is 6.42 Å². The minimum atomic E-state index is 0.613. The van der Waals surface area contributed by atoms with Gasteiger partial charge in [-0.3, -0.25) is 0 Å². The van der Waals surface area contributed by atoms with E-state index in [4.69, 9.17) is 0 Å². The average Bonchev–Trinajstić information content (AvgIpc) is 3.28. The summed E-state index contributed by atoms with van der Waals surface area (Å²) in [7, 11) is 0. The van der Waals surface area contributed by atoms with Gasteiger partial charge in [-0.2, -0.15) is 0 Å². The third-order valence-electron chi connectivity index (χ3n) is 4.40. The second-order valence-electron chi connectivity index (χ2n) is 6.43. The van der Waals surface area contributed by atoms with Gasteiger partial charge < -0.3 is 0 Å². The number of hydrogen-bond donors (Lipinski definition) is 2. The first-order chi connectivity index (χ1) is 12.7. The Bertz CT molecular complexity index is 1010. The van der Waals surface area contributed by atoms with Crippen LogP contribution in [0.5, 0.6) is 0 Å². The van der Waals surface area contributed by atoms with E-state index in [-0.39, 0.29) is 0 Å². The van der Waals surface area contributed by atoms with Crippen LogP contribution in [0, 0.1) is 6.92 Å². The summed E-state index contributed by atoms with van der Waals surface area (Å²) in [6, 6.07) is 17.1. The quantitative estimate of drug-likeness (QED) is 0.459. The van der Waals surface area contributed by atoms with Gasteiger partial charge >= 0.3 is 166 Å². The molecule has 2 N–H and O–H groups in total. The van der Waals surface area contributed by atoms with Crippen molar-refractivity contribution in [3.05, 3.63) is 66.0 Å². The van der Waals surface area contributed by atoms with Crippen LogP contribution in [0.3, 0.4) is 0 Å². The third kappa shape index (κ3) is 3.84. The zero-order chi connectivity index (χ0) is 17.9. The van der Waals surface area contributed by atoms with Crippen LogP contribution in [-0.4, -0.2) is 38.6 Å². The second kappa shape index (κ2) is 7.65. The average molecular weight is 424 g/mol. The van der Waals surface area contributed by atoms with Crippen molar-refractivity contribution in [3.63, 3.8) is 0 Å². The molecule has 0 aliphatic heterocycles. The van der Waals surface area contributed by atoms with Crippen molar-refractivity contribution in [2.45, 2.75) is 18.1 Å². The molecule has 26 heavy (non-hydrogen) atoms. The SMILES string of the molecule is Cc1n[nH]c2ccc(-c3cnc(NC[C@H]([AsH2])Cc4ccccc4)s3)cc12. The molecule has 0 radical (unpaired) electrons. The van der Waals surface area contributed by atoms with E-state index in [0.29, 0.717) is 4.71 Å². The van der Waals surface area contributed by atoms with E-state index < -0.39 is 0 Å². The summed E-state index contributed by atoms with van der Waals surface area (Å²) in [4.78, 5) is 5.73. The van der Waals surface area contributed by atoms with Gasteiger partial charge in [0.25, 0.3) is 0 Å². The molecule has 2 heterocycles. The number of H-pyrrole nitrogens is 1. The Kier molecular flexibility index (Phi) is 5.09. The van der Waals surface area contributed by atoms with Gasteiger partial charge in [0.15, 0.2) is 0 Å². The summed E-state index contributed by atoms with van der Waals surface area (Å²) in [6.45, 7) is 2.97. The number of nitrogens with zero attached hydrogens (tertiary/aromatic N) is 2. The fourth-order valence-electron chi connectivity index (χ4n) is 3.00. The molecule has 132 valence electrons. The monoisotopic (exact) mass is 424 g/mol. The van der Waals surface area contributed by atoms with E-state index >= 15 is 0 Å². The van der Waals surface area contributed by atoms with Gasteiger partial charge in [0.2, 0.25) is 0 Å². The zero-order valence-corrected chi connectivity index (χ0v) is 17.8.